The lowest BCUT2D eigenvalue weighted by atomic mass is 10.0. The van der Waals surface area contributed by atoms with E-state index in [1.54, 1.807) is 13.1 Å². The Labute approximate surface area is 127 Å². The summed E-state index contributed by atoms with van der Waals surface area (Å²) in [4.78, 5) is 20.9. The first-order valence-electron chi connectivity index (χ1n) is 7.69. The molecule has 0 aliphatic carbocycles. The first-order valence-corrected chi connectivity index (χ1v) is 7.69. The van der Waals surface area contributed by atoms with Gasteiger partial charge in [-0.25, -0.2) is 14.8 Å². The SMILES string of the molecule is CCCc1nc(C(C)(CC)OCC)ncc1C(=O)OCC. The third-order valence-electron chi connectivity index (χ3n) is 3.46. The molecule has 0 aliphatic rings. The minimum Gasteiger partial charge on any atom is -0.462 e. The highest BCUT2D eigenvalue weighted by atomic mass is 16.5. The summed E-state index contributed by atoms with van der Waals surface area (Å²) in [7, 11) is 0. The molecule has 1 atom stereocenters. The Bertz CT molecular complexity index is 477. The number of esters is 1. The molecule has 5 heteroatoms. The Morgan fingerprint density at radius 1 is 1.24 bits per heavy atom. The number of hydrogen-bond donors (Lipinski definition) is 0. The predicted molar refractivity (Wildman–Crippen MR) is 81.3 cm³/mol. The van der Waals surface area contributed by atoms with Gasteiger partial charge in [0, 0.05) is 12.8 Å². The second-order valence-corrected chi connectivity index (χ2v) is 5.04. The van der Waals surface area contributed by atoms with Crippen LogP contribution >= 0.6 is 0 Å². The van der Waals surface area contributed by atoms with Crippen molar-refractivity contribution < 1.29 is 14.3 Å². The number of nitrogens with zero attached hydrogens (tertiary/aromatic N) is 2. The van der Waals surface area contributed by atoms with E-state index >= 15 is 0 Å². The summed E-state index contributed by atoms with van der Waals surface area (Å²) in [6.45, 7) is 10.7. The molecule has 1 aromatic heterocycles. The molecule has 0 saturated carbocycles. The number of aromatic nitrogens is 2. The highest BCUT2D eigenvalue weighted by Gasteiger charge is 2.29. The largest absolute Gasteiger partial charge is 0.462 e. The van der Waals surface area contributed by atoms with Crippen LogP contribution in [0.3, 0.4) is 0 Å². The third kappa shape index (κ3) is 4.24. The molecule has 0 aromatic carbocycles. The van der Waals surface area contributed by atoms with Crippen molar-refractivity contribution in [3.63, 3.8) is 0 Å². The molecule has 0 radical (unpaired) electrons. The van der Waals surface area contributed by atoms with Crippen LogP contribution in [0.1, 0.15) is 69.3 Å². The molecule has 21 heavy (non-hydrogen) atoms. The van der Waals surface area contributed by atoms with Gasteiger partial charge in [0.15, 0.2) is 5.82 Å². The van der Waals surface area contributed by atoms with Gasteiger partial charge in [0.05, 0.1) is 17.9 Å². The lowest BCUT2D eigenvalue weighted by Gasteiger charge is -2.27. The van der Waals surface area contributed by atoms with Gasteiger partial charge in [0.25, 0.3) is 0 Å². The van der Waals surface area contributed by atoms with Gasteiger partial charge in [0.1, 0.15) is 5.60 Å². The van der Waals surface area contributed by atoms with Crippen molar-refractivity contribution in [3.05, 3.63) is 23.3 Å². The van der Waals surface area contributed by atoms with Crippen molar-refractivity contribution in [3.8, 4) is 0 Å². The Balaban J connectivity index is 3.21. The van der Waals surface area contributed by atoms with E-state index in [9.17, 15) is 4.79 Å². The Morgan fingerprint density at radius 2 is 1.95 bits per heavy atom. The normalized spacial score (nSPS) is 13.8. The summed E-state index contributed by atoms with van der Waals surface area (Å²) in [5.41, 5.74) is 0.669. The molecule has 0 bridgehead atoms. The summed E-state index contributed by atoms with van der Waals surface area (Å²) in [6, 6.07) is 0. The highest BCUT2D eigenvalue weighted by Crippen LogP contribution is 2.26. The number of ether oxygens (including phenoxy) is 2. The second kappa shape index (κ2) is 8.08. The van der Waals surface area contributed by atoms with Gasteiger partial charge in [-0.3, -0.25) is 0 Å². The molecule has 0 spiro atoms. The fourth-order valence-electron chi connectivity index (χ4n) is 2.12. The van der Waals surface area contributed by atoms with Crippen molar-refractivity contribution in [2.45, 2.75) is 59.5 Å². The van der Waals surface area contributed by atoms with Gasteiger partial charge in [-0.15, -0.1) is 0 Å². The summed E-state index contributed by atoms with van der Waals surface area (Å²) in [6.07, 6.45) is 3.96. The quantitative estimate of drug-likeness (QED) is 0.689. The molecule has 1 aromatic rings. The van der Waals surface area contributed by atoms with Crippen LogP contribution in [0.2, 0.25) is 0 Å². The van der Waals surface area contributed by atoms with E-state index in [1.165, 1.54) is 0 Å². The maximum atomic E-state index is 12.0. The van der Waals surface area contributed by atoms with Crippen molar-refractivity contribution in [1.29, 1.82) is 0 Å². The number of rotatable bonds is 8. The Hall–Kier alpha value is -1.49. The van der Waals surface area contributed by atoms with Crippen LogP contribution in [0, 0.1) is 0 Å². The van der Waals surface area contributed by atoms with Gasteiger partial charge < -0.3 is 9.47 Å². The molecule has 1 heterocycles. The van der Waals surface area contributed by atoms with E-state index < -0.39 is 5.60 Å². The average molecular weight is 294 g/mol. The molecule has 5 nitrogen and oxygen atoms in total. The minimum atomic E-state index is -0.523. The van der Waals surface area contributed by atoms with Crippen LogP contribution in [0.4, 0.5) is 0 Å². The average Bonchev–Trinajstić information content (AvgIpc) is 2.48. The van der Waals surface area contributed by atoms with Gasteiger partial charge in [-0.1, -0.05) is 20.3 Å². The van der Waals surface area contributed by atoms with E-state index in [4.69, 9.17) is 9.47 Å². The molecule has 1 unspecified atom stereocenters. The van der Waals surface area contributed by atoms with Crippen LogP contribution in [-0.4, -0.2) is 29.2 Å². The standard InChI is InChI=1S/C16H26N2O3/c1-6-10-13-12(14(19)20-8-3)11-17-15(18-13)16(5,7-2)21-9-4/h11H,6-10H2,1-5H3. The van der Waals surface area contributed by atoms with Crippen LogP contribution < -0.4 is 0 Å². The molecule has 0 aliphatic heterocycles. The predicted octanol–water partition coefficient (Wildman–Crippen LogP) is 3.27. The Kier molecular flexibility index (Phi) is 6.75. The number of carbonyl (C=O) groups is 1. The van der Waals surface area contributed by atoms with Crippen LogP contribution in [0.15, 0.2) is 6.20 Å². The molecule has 1 rings (SSSR count). The fourth-order valence-corrected chi connectivity index (χ4v) is 2.12. The van der Waals surface area contributed by atoms with Crippen LogP contribution in [-0.2, 0) is 21.5 Å². The lowest BCUT2D eigenvalue weighted by molar-refractivity contribution is -0.0392. The summed E-state index contributed by atoms with van der Waals surface area (Å²) < 4.78 is 10.9. The van der Waals surface area contributed by atoms with Crippen molar-refractivity contribution in [1.82, 2.24) is 9.97 Å². The maximum absolute atomic E-state index is 12.0. The monoisotopic (exact) mass is 294 g/mol. The number of hydrogen-bond acceptors (Lipinski definition) is 5. The first kappa shape index (κ1) is 17.6. The van der Waals surface area contributed by atoms with Gasteiger partial charge >= 0.3 is 5.97 Å². The van der Waals surface area contributed by atoms with Gasteiger partial charge in [0.2, 0.25) is 0 Å². The van der Waals surface area contributed by atoms with Gasteiger partial charge in [-0.2, -0.15) is 0 Å². The van der Waals surface area contributed by atoms with Crippen LogP contribution in [0.5, 0.6) is 0 Å². The lowest BCUT2D eigenvalue weighted by Crippen LogP contribution is -2.29. The fraction of sp³-hybridized carbons (Fsp3) is 0.688. The first-order chi connectivity index (χ1) is 10.0. The zero-order valence-corrected chi connectivity index (χ0v) is 13.7. The number of carbonyl (C=O) groups excluding carboxylic acids is 1. The zero-order valence-electron chi connectivity index (χ0n) is 13.7. The minimum absolute atomic E-state index is 0.345. The highest BCUT2D eigenvalue weighted by molar-refractivity contribution is 5.90. The summed E-state index contributed by atoms with van der Waals surface area (Å²) in [5, 5.41) is 0. The zero-order chi connectivity index (χ0) is 15.9. The van der Waals surface area contributed by atoms with Crippen molar-refractivity contribution in [2.24, 2.45) is 0 Å². The van der Waals surface area contributed by atoms with E-state index in [1.807, 2.05) is 20.8 Å². The Morgan fingerprint density at radius 3 is 2.48 bits per heavy atom. The topological polar surface area (TPSA) is 61.3 Å². The van der Waals surface area contributed by atoms with Gasteiger partial charge in [-0.05, 0) is 33.6 Å². The summed E-state index contributed by atoms with van der Waals surface area (Å²) >= 11 is 0. The van der Waals surface area contributed by atoms with E-state index in [0.717, 1.165) is 25.0 Å². The van der Waals surface area contributed by atoms with Crippen LogP contribution in [0.25, 0.3) is 0 Å². The molecular formula is C16H26N2O3. The van der Waals surface area contributed by atoms with Crippen molar-refractivity contribution in [2.75, 3.05) is 13.2 Å². The molecule has 0 amide bonds. The second-order valence-electron chi connectivity index (χ2n) is 5.04. The molecule has 0 N–H and O–H groups in total. The van der Waals surface area contributed by atoms with Crippen molar-refractivity contribution >= 4 is 5.97 Å². The maximum Gasteiger partial charge on any atom is 0.341 e. The smallest absolute Gasteiger partial charge is 0.341 e. The van der Waals surface area contributed by atoms with E-state index in [2.05, 4.69) is 16.9 Å². The molecular weight excluding hydrogens is 268 g/mol. The van der Waals surface area contributed by atoms with E-state index in [0.29, 0.717) is 24.6 Å². The summed E-state index contributed by atoms with van der Waals surface area (Å²) in [5.74, 6) is 0.269. The number of aryl methyl sites for hydroxylation is 1. The molecule has 0 fully saturated rings. The third-order valence-corrected chi connectivity index (χ3v) is 3.46. The molecule has 118 valence electrons. The molecule has 0 saturated heterocycles. The van der Waals surface area contributed by atoms with E-state index in [-0.39, 0.29) is 5.97 Å².